The summed E-state index contributed by atoms with van der Waals surface area (Å²) < 4.78 is 32.9. The fourth-order valence-electron chi connectivity index (χ4n) is 4.25. The van der Waals surface area contributed by atoms with Crippen LogP contribution in [0, 0.1) is 5.41 Å². The highest BCUT2D eigenvalue weighted by molar-refractivity contribution is 6.09. The molecule has 1 amide bonds. The lowest BCUT2D eigenvalue weighted by Crippen LogP contribution is -2.80. The predicted octanol–water partition coefficient (Wildman–Crippen LogP) is 3.27. The van der Waals surface area contributed by atoms with E-state index in [9.17, 15) is 13.6 Å². The molecule has 156 valence electrons. The maximum absolute atomic E-state index is 13.4. The maximum atomic E-state index is 13.4. The number of halogens is 2. The number of allylic oxidation sites excluding steroid dienone is 1. The van der Waals surface area contributed by atoms with Crippen molar-refractivity contribution in [3.63, 3.8) is 0 Å². The number of nitrogens with two attached hydrogens (primary N) is 1. The molecule has 1 heterocycles. The minimum absolute atomic E-state index is 0.0442. The van der Waals surface area contributed by atoms with Crippen molar-refractivity contribution < 1.29 is 23.6 Å². The molecule has 1 atom stereocenters. The Bertz CT molecular complexity index is 856. The van der Waals surface area contributed by atoms with Crippen molar-refractivity contribution in [2.24, 2.45) is 0 Å². The van der Waals surface area contributed by atoms with Gasteiger partial charge >= 0.3 is 0 Å². The van der Waals surface area contributed by atoms with E-state index in [1.54, 1.807) is 11.8 Å². The highest BCUT2D eigenvalue weighted by atomic mass is 19.3. The van der Waals surface area contributed by atoms with Crippen molar-refractivity contribution in [2.45, 2.75) is 76.5 Å². The summed E-state index contributed by atoms with van der Waals surface area (Å²) in [6, 6.07) is 4.40. The summed E-state index contributed by atoms with van der Waals surface area (Å²) in [6.07, 6.45) is 5.92. The number of quaternary nitrogens is 1. The van der Waals surface area contributed by atoms with Gasteiger partial charge in [0.25, 0.3) is 5.92 Å². The molecule has 2 aliphatic carbocycles. The highest BCUT2D eigenvalue weighted by Crippen LogP contribution is 2.45. The van der Waals surface area contributed by atoms with E-state index in [1.165, 1.54) is 6.21 Å². The molecule has 1 unspecified atom stereocenters. The van der Waals surface area contributed by atoms with Crippen LogP contribution in [0.1, 0.15) is 57.1 Å². The molecule has 0 aromatic heterocycles. The molecule has 7 heteroatoms. The normalized spacial score (nSPS) is 23.9. The number of rotatable bonds is 6. The minimum Gasteiger partial charge on any atom is -0.489 e. The van der Waals surface area contributed by atoms with Gasteiger partial charge in [0, 0.05) is 56.0 Å². The summed E-state index contributed by atoms with van der Waals surface area (Å²) in [5, 5.41) is 9.99. The third-order valence-electron chi connectivity index (χ3n) is 6.06. The van der Waals surface area contributed by atoms with E-state index in [1.807, 2.05) is 25.3 Å². The molecule has 4 rings (SSSR count). The zero-order chi connectivity index (χ0) is 20.8. The number of anilines is 1. The summed E-state index contributed by atoms with van der Waals surface area (Å²) in [6.45, 7) is 3.55. The standard InChI is InChI=1S/C22H27F2N3O2/c1-13-3-6-19-20(27(13)14(2)28)8-7-18(15(11-25)12-26-16-4-5-16)21(19)29-17-9-22(23,24)10-17/h7-8,11-13,16-17,25-26H,3-6,9-10H2,1-2H3/p+1. The van der Waals surface area contributed by atoms with Gasteiger partial charge in [-0.05, 0) is 31.9 Å². The van der Waals surface area contributed by atoms with E-state index < -0.39 is 12.0 Å². The largest absolute Gasteiger partial charge is 0.489 e. The third-order valence-corrected chi connectivity index (χ3v) is 6.06. The lowest BCUT2D eigenvalue weighted by atomic mass is 9.89. The van der Waals surface area contributed by atoms with Crippen LogP contribution in [0.25, 0.3) is 5.57 Å². The van der Waals surface area contributed by atoms with Gasteiger partial charge < -0.3 is 20.4 Å². The minimum atomic E-state index is -2.67. The Labute approximate surface area is 169 Å². The molecule has 3 N–H and O–H groups in total. The number of amides is 1. The first-order chi connectivity index (χ1) is 13.8. The monoisotopic (exact) mass is 404 g/mol. The molecule has 2 fully saturated rings. The fraction of sp³-hybridized carbons (Fsp3) is 0.545. The van der Waals surface area contributed by atoms with E-state index in [2.05, 4.69) is 5.32 Å². The van der Waals surface area contributed by atoms with Crippen molar-refractivity contribution in [2.75, 3.05) is 4.90 Å². The Balaban J connectivity index is 1.75. The van der Waals surface area contributed by atoms with Crippen LogP contribution in [0.4, 0.5) is 14.5 Å². The van der Waals surface area contributed by atoms with Crippen molar-refractivity contribution in [1.82, 2.24) is 0 Å². The number of ether oxygens (including phenoxy) is 1. The summed E-state index contributed by atoms with van der Waals surface area (Å²) >= 11 is 0. The highest BCUT2D eigenvalue weighted by Gasteiger charge is 2.47. The number of carbonyl (C=O) groups excluding carboxylic acids is 1. The van der Waals surface area contributed by atoms with Crippen LogP contribution in [-0.4, -0.2) is 36.2 Å². The van der Waals surface area contributed by atoms with Crippen LogP contribution >= 0.6 is 0 Å². The number of hydrogen-bond donors (Lipinski definition) is 2. The molecule has 0 bridgehead atoms. The van der Waals surface area contributed by atoms with Crippen molar-refractivity contribution in [1.29, 1.82) is 5.41 Å². The number of benzene rings is 1. The molecule has 5 nitrogen and oxygen atoms in total. The van der Waals surface area contributed by atoms with Crippen LogP contribution in [0.15, 0.2) is 18.3 Å². The van der Waals surface area contributed by atoms with E-state index >= 15 is 0 Å². The van der Waals surface area contributed by atoms with E-state index in [0.717, 1.165) is 36.1 Å². The van der Waals surface area contributed by atoms with Crippen molar-refractivity contribution in [3.05, 3.63) is 29.5 Å². The van der Waals surface area contributed by atoms with E-state index in [0.29, 0.717) is 23.8 Å². The molecule has 2 saturated carbocycles. The molecular weight excluding hydrogens is 376 g/mol. The molecule has 0 radical (unpaired) electrons. The Morgan fingerprint density at radius 1 is 1.31 bits per heavy atom. The summed E-state index contributed by atoms with van der Waals surface area (Å²) in [5.74, 6) is -2.16. The zero-order valence-electron chi connectivity index (χ0n) is 16.9. The van der Waals surface area contributed by atoms with E-state index in [-0.39, 0.29) is 24.8 Å². The van der Waals surface area contributed by atoms with Crippen LogP contribution in [0.3, 0.4) is 0 Å². The second-order valence-electron chi connectivity index (χ2n) is 8.52. The molecule has 1 aromatic carbocycles. The Hall–Kier alpha value is -2.28. The van der Waals surface area contributed by atoms with Crippen molar-refractivity contribution in [3.8, 4) is 5.75 Å². The van der Waals surface area contributed by atoms with Gasteiger partial charge in [0.05, 0.1) is 17.3 Å². The number of nitrogens with one attached hydrogen (secondary N) is 1. The first kappa shape index (κ1) is 20.0. The Morgan fingerprint density at radius 3 is 2.62 bits per heavy atom. The van der Waals surface area contributed by atoms with Gasteiger partial charge in [-0.1, -0.05) is 0 Å². The first-order valence-electron chi connectivity index (χ1n) is 10.3. The molecule has 3 aliphatic rings. The van der Waals surface area contributed by atoms with Crippen LogP contribution in [0.5, 0.6) is 5.75 Å². The van der Waals surface area contributed by atoms with Crippen molar-refractivity contribution >= 4 is 23.4 Å². The molecule has 0 saturated heterocycles. The predicted molar refractivity (Wildman–Crippen MR) is 108 cm³/mol. The second kappa shape index (κ2) is 7.52. The molecule has 1 aliphatic heterocycles. The summed E-state index contributed by atoms with van der Waals surface area (Å²) in [7, 11) is 0. The average molecular weight is 404 g/mol. The molecule has 0 spiro atoms. The maximum Gasteiger partial charge on any atom is 0.255 e. The topological polar surface area (TPSA) is 70.0 Å². The van der Waals surface area contributed by atoms with Gasteiger partial charge in [0.15, 0.2) is 0 Å². The summed E-state index contributed by atoms with van der Waals surface area (Å²) in [5.41, 5.74) is 3.11. The van der Waals surface area contributed by atoms with E-state index in [4.69, 9.17) is 10.1 Å². The second-order valence-corrected chi connectivity index (χ2v) is 8.52. The molecule has 1 aromatic rings. The van der Waals surface area contributed by atoms with Gasteiger partial charge in [-0.2, -0.15) is 0 Å². The number of alkyl halides is 2. The van der Waals surface area contributed by atoms with Gasteiger partial charge in [-0.3, -0.25) is 4.79 Å². The number of hydrogen-bond acceptors (Lipinski definition) is 3. The smallest absolute Gasteiger partial charge is 0.255 e. The zero-order valence-corrected chi connectivity index (χ0v) is 16.9. The van der Waals surface area contributed by atoms with Gasteiger partial charge in [-0.25, -0.2) is 8.78 Å². The fourth-order valence-corrected chi connectivity index (χ4v) is 4.25. The third kappa shape index (κ3) is 4.06. The Kier molecular flexibility index (Phi) is 5.19. The van der Waals surface area contributed by atoms with Gasteiger partial charge in [0.1, 0.15) is 18.1 Å². The van der Waals surface area contributed by atoms with Crippen LogP contribution in [-0.2, 0) is 11.2 Å². The number of fused-ring (bicyclic) bond motifs is 1. The number of carbonyl (C=O) groups is 1. The summed E-state index contributed by atoms with van der Waals surface area (Å²) in [4.78, 5) is 14.0. The van der Waals surface area contributed by atoms with Gasteiger partial charge in [0.2, 0.25) is 5.91 Å². The lowest BCUT2D eigenvalue weighted by molar-refractivity contribution is -0.601. The SMILES string of the molecule is CC(=O)N1c2ccc(C(C=N)=C[NH2+]C3CC3)c(OC3CC(F)(F)C3)c2CCC1C. The average Bonchev–Trinajstić information content (AvgIpc) is 3.45. The van der Waals surface area contributed by atoms with Crippen LogP contribution < -0.4 is 15.0 Å². The van der Waals surface area contributed by atoms with Gasteiger partial charge in [-0.15, -0.1) is 0 Å². The molecule has 29 heavy (non-hydrogen) atoms. The quantitative estimate of drug-likeness (QED) is 0.715. The van der Waals surface area contributed by atoms with Crippen LogP contribution in [0.2, 0.25) is 0 Å². The number of nitrogens with zero attached hydrogens (tertiary/aromatic N) is 1. The molecular formula is C22H28F2N3O2+. The first-order valence-corrected chi connectivity index (χ1v) is 10.3. The Morgan fingerprint density at radius 2 is 2.03 bits per heavy atom. The lowest BCUT2D eigenvalue weighted by Gasteiger charge is -2.39.